The third-order valence-electron chi connectivity index (χ3n) is 2.86. The molecule has 27 heavy (non-hydrogen) atoms. The van der Waals surface area contributed by atoms with E-state index in [1.165, 1.54) is 12.7 Å². The topological polar surface area (TPSA) is 54.0 Å². The Bertz CT molecular complexity index is 526. The highest BCUT2D eigenvalue weighted by Crippen LogP contribution is 2.10. The Balaban J connectivity index is 0. The van der Waals surface area contributed by atoms with Crippen molar-refractivity contribution in [3.8, 4) is 0 Å². The molecule has 6 heteroatoms. The Hall–Kier alpha value is -1.99. The van der Waals surface area contributed by atoms with Crippen molar-refractivity contribution < 1.29 is 22.8 Å². The minimum atomic E-state index is -2.51. The number of esters is 1. The molecule has 0 spiro atoms. The van der Waals surface area contributed by atoms with Gasteiger partial charge in [-0.25, -0.2) is 4.79 Å². The van der Waals surface area contributed by atoms with E-state index in [0.29, 0.717) is 25.4 Å². The zero-order valence-corrected chi connectivity index (χ0v) is 18.3. The van der Waals surface area contributed by atoms with Gasteiger partial charge in [0.2, 0.25) is 0 Å². The molecule has 0 unspecified atom stereocenters. The molecule has 0 aliphatic rings. The van der Waals surface area contributed by atoms with Crippen LogP contribution in [0.3, 0.4) is 0 Å². The molecule has 0 saturated heterocycles. The molecular formula is C21H34O5Si. The molecule has 152 valence electrons. The van der Waals surface area contributed by atoms with E-state index in [1.807, 2.05) is 57.2 Å². The van der Waals surface area contributed by atoms with E-state index in [9.17, 15) is 4.79 Å². The quantitative estimate of drug-likeness (QED) is 0.341. The summed E-state index contributed by atoms with van der Waals surface area (Å²) in [7, 11) is -1.18. The van der Waals surface area contributed by atoms with E-state index in [2.05, 4.69) is 24.5 Å². The van der Waals surface area contributed by atoms with Gasteiger partial charge in [-0.05, 0) is 39.0 Å². The molecule has 0 radical (unpaired) electrons. The largest absolute Gasteiger partial charge is 0.528 e. The fourth-order valence-corrected chi connectivity index (χ4v) is 3.48. The summed E-state index contributed by atoms with van der Waals surface area (Å²) in [4.78, 5) is 10.2. The van der Waals surface area contributed by atoms with Crippen LogP contribution < -0.4 is 0 Å². The first-order valence-electron chi connectivity index (χ1n) is 8.82. The van der Waals surface area contributed by atoms with E-state index in [4.69, 9.17) is 13.3 Å². The van der Waals surface area contributed by atoms with Crippen LogP contribution in [-0.2, 0) is 22.8 Å². The van der Waals surface area contributed by atoms with Gasteiger partial charge in [0.15, 0.2) is 0 Å². The van der Waals surface area contributed by atoms with Gasteiger partial charge in [-0.3, -0.25) is 0 Å². The van der Waals surface area contributed by atoms with E-state index in [0.717, 1.165) is 0 Å². The van der Waals surface area contributed by atoms with Gasteiger partial charge in [0.1, 0.15) is 0 Å². The Kier molecular flexibility index (Phi) is 17.6. The van der Waals surface area contributed by atoms with Crippen LogP contribution in [0.1, 0.15) is 33.3 Å². The molecule has 0 amide bonds. The van der Waals surface area contributed by atoms with Crippen molar-refractivity contribution in [3.05, 3.63) is 66.9 Å². The number of benzene rings is 1. The number of hydrogen-bond acceptors (Lipinski definition) is 5. The number of methoxy groups -OCH3 is 1. The zero-order chi connectivity index (χ0) is 21.1. The van der Waals surface area contributed by atoms with Gasteiger partial charge in [0, 0.05) is 25.4 Å². The van der Waals surface area contributed by atoms with Crippen LogP contribution in [0, 0.1) is 0 Å². The van der Waals surface area contributed by atoms with E-state index in [-0.39, 0.29) is 5.97 Å². The summed E-state index contributed by atoms with van der Waals surface area (Å²) in [5, 5.41) is 0. The molecule has 0 aromatic heterocycles. The van der Waals surface area contributed by atoms with Crippen molar-refractivity contribution in [2.45, 2.75) is 27.7 Å². The van der Waals surface area contributed by atoms with Crippen molar-refractivity contribution in [2.75, 3.05) is 26.9 Å². The number of rotatable bonds is 9. The standard InChI is InChI=1S/C8H18O3Si.C8H8.C5H8O2/c1-5-9-12(8-4,10-6-2)11-7-3;1-2-8-6-4-3-5-7-8;1-4(2)5(6)7-3/h8H,4-7H2,1-3H3;2-7H,1H2;1H2,2-3H3. The highest BCUT2D eigenvalue weighted by Gasteiger charge is 2.36. The monoisotopic (exact) mass is 394 g/mol. The number of carbonyl (C=O) groups excluding carboxylic acids is 1. The van der Waals surface area contributed by atoms with Gasteiger partial charge < -0.3 is 18.0 Å². The Morgan fingerprint density at radius 1 is 1.00 bits per heavy atom. The zero-order valence-electron chi connectivity index (χ0n) is 17.3. The van der Waals surface area contributed by atoms with Crippen molar-refractivity contribution in [3.63, 3.8) is 0 Å². The molecule has 0 atom stereocenters. The maximum Gasteiger partial charge on any atom is 0.528 e. The van der Waals surface area contributed by atoms with E-state index < -0.39 is 8.80 Å². The average molecular weight is 395 g/mol. The SMILES string of the molecule is C=C(C)C(=O)OC.C=C[Si](OCC)(OCC)OCC.C=Cc1ccccc1. The first kappa shape index (κ1) is 27.2. The third kappa shape index (κ3) is 13.8. The number of carbonyl (C=O) groups is 1. The molecule has 0 N–H and O–H groups in total. The molecule has 1 aromatic carbocycles. The molecule has 0 aliphatic carbocycles. The third-order valence-corrected chi connectivity index (χ3v) is 5.43. The second-order valence-electron chi connectivity index (χ2n) is 4.99. The summed E-state index contributed by atoms with van der Waals surface area (Å²) in [6, 6.07) is 10.0. The predicted octanol–water partition coefficient (Wildman–Crippen LogP) is 4.83. The lowest BCUT2D eigenvalue weighted by atomic mass is 10.2. The van der Waals surface area contributed by atoms with Crippen LogP contribution in [0.5, 0.6) is 0 Å². The normalized spacial score (nSPS) is 9.67. The Morgan fingerprint density at radius 3 is 1.63 bits per heavy atom. The lowest BCUT2D eigenvalue weighted by molar-refractivity contribution is -0.136. The Labute approximate surface area is 165 Å². The van der Waals surface area contributed by atoms with E-state index >= 15 is 0 Å². The molecular weight excluding hydrogens is 360 g/mol. The summed E-state index contributed by atoms with van der Waals surface area (Å²) >= 11 is 0. The second-order valence-corrected chi connectivity index (χ2v) is 7.47. The fourth-order valence-electron chi connectivity index (χ4n) is 1.67. The minimum Gasteiger partial charge on any atom is -0.466 e. The molecule has 0 fully saturated rings. The van der Waals surface area contributed by atoms with Gasteiger partial charge in [-0.15, -0.1) is 0 Å². The average Bonchev–Trinajstić information content (AvgIpc) is 2.69. The second kappa shape index (κ2) is 17.4. The summed E-state index contributed by atoms with van der Waals surface area (Å²) in [5.74, 6) is -0.347. The van der Waals surface area contributed by atoms with Gasteiger partial charge in [-0.1, -0.05) is 56.1 Å². The molecule has 0 bridgehead atoms. The van der Waals surface area contributed by atoms with Crippen molar-refractivity contribution in [1.29, 1.82) is 0 Å². The fraction of sp³-hybridized carbons (Fsp3) is 0.381. The summed E-state index contributed by atoms with van der Waals surface area (Å²) in [6.07, 6.45) is 1.83. The van der Waals surface area contributed by atoms with Crippen LogP contribution in [0.4, 0.5) is 0 Å². The first-order chi connectivity index (χ1) is 12.9. The van der Waals surface area contributed by atoms with Gasteiger partial charge >= 0.3 is 14.8 Å². The van der Waals surface area contributed by atoms with Gasteiger partial charge in [-0.2, -0.15) is 0 Å². The highest BCUT2D eigenvalue weighted by atomic mass is 28.4. The maximum absolute atomic E-state index is 10.2. The smallest absolute Gasteiger partial charge is 0.466 e. The van der Waals surface area contributed by atoms with Crippen LogP contribution in [0.2, 0.25) is 0 Å². The van der Waals surface area contributed by atoms with E-state index in [1.54, 1.807) is 12.6 Å². The number of ether oxygens (including phenoxy) is 1. The Morgan fingerprint density at radius 2 is 1.44 bits per heavy atom. The van der Waals surface area contributed by atoms with Gasteiger partial charge in [0.05, 0.1) is 7.11 Å². The van der Waals surface area contributed by atoms with Crippen molar-refractivity contribution >= 4 is 20.8 Å². The summed E-state index contributed by atoms with van der Waals surface area (Å²) in [6.45, 7) is 19.8. The van der Waals surface area contributed by atoms with Crippen LogP contribution in [0.15, 0.2) is 61.3 Å². The number of hydrogen-bond donors (Lipinski definition) is 0. The van der Waals surface area contributed by atoms with Crippen LogP contribution in [-0.4, -0.2) is 41.7 Å². The first-order valence-corrected chi connectivity index (χ1v) is 10.6. The predicted molar refractivity (Wildman–Crippen MR) is 114 cm³/mol. The molecule has 5 nitrogen and oxygen atoms in total. The highest BCUT2D eigenvalue weighted by molar-refractivity contribution is 6.66. The van der Waals surface area contributed by atoms with Crippen molar-refractivity contribution in [1.82, 2.24) is 0 Å². The molecule has 0 saturated carbocycles. The van der Waals surface area contributed by atoms with Crippen LogP contribution in [0.25, 0.3) is 6.08 Å². The minimum absolute atomic E-state index is 0.347. The lowest BCUT2D eigenvalue weighted by Crippen LogP contribution is -2.44. The lowest BCUT2D eigenvalue weighted by Gasteiger charge is -2.24. The summed E-state index contributed by atoms with van der Waals surface area (Å²) in [5.41, 5.74) is 3.28. The molecule has 0 heterocycles. The summed E-state index contributed by atoms with van der Waals surface area (Å²) < 4.78 is 20.6. The maximum atomic E-state index is 10.2. The molecule has 0 aliphatic heterocycles. The van der Waals surface area contributed by atoms with Gasteiger partial charge in [0.25, 0.3) is 0 Å². The van der Waals surface area contributed by atoms with Crippen LogP contribution >= 0.6 is 0 Å². The molecule has 1 rings (SSSR count). The van der Waals surface area contributed by atoms with Crippen molar-refractivity contribution in [2.24, 2.45) is 0 Å². The molecule has 1 aromatic rings.